The van der Waals surface area contributed by atoms with Gasteiger partial charge < -0.3 is 0 Å². The van der Waals surface area contributed by atoms with Crippen LogP contribution in [-0.4, -0.2) is 0 Å². The molecule has 0 heterocycles. The van der Waals surface area contributed by atoms with Gasteiger partial charge >= 0.3 is 0 Å². The molecule has 0 aliphatic rings. The first kappa shape index (κ1) is 14.0. The van der Waals surface area contributed by atoms with Crippen LogP contribution in [0.1, 0.15) is 53.5 Å². The van der Waals surface area contributed by atoms with Crippen LogP contribution in [0.3, 0.4) is 0 Å². The molecule has 0 amide bonds. The topological polar surface area (TPSA) is 0 Å². The summed E-state index contributed by atoms with van der Waals surface area (Å²) in [7, 11) is 0. The fraction of sp³-hybridized carbons (Fsp3) is 0.529. The van der Waals surface area contributed by atoms with Crippen molar-refractivity contribution in [2.45, 2.75) is 59.8 Å². The highest BCUT2D eigenvalue weighted by Gasteiger charge is 2.06. The highest BCUT2D eigenvalue weighted by atomic mass is 14.1. The van der Waals surface area contributed by atoms with Gasteiger partial charge in [-0.3, -0.25) is 0 Å². The summed E-state index contributed by atoms with van der Waals surface area (Å²) in [6.45, 7) is 12.7. The molecule has 0 nitrogen and oxygen atoms in total. The van der Waals surface area contributed by atoms with Crippen LogP contribution < -0.4 is 0 Å². The fourth-order valence-electron chi connectivity index (χ4n) is 2.34. The Bertz CT molecular complexity index is 386. The van der Waals surface area contributed by atoms with Crippen molar-refractivity contribution in [2.75, 3.05) is 0 Å². The van der Waals surface area contributed by atoms with Gasteiger partial charge in [-0.2, -0.15) is 0 Å². The number of allylic oxidation sites excluding steroid dienone is 1. The highest BCUT2D eigenvalue weighted by molar-refractivity contribution is 5.43. The van der Waals surface area contributed by atoms with Crippen molar-refractivity contribution in [1.29, 1.82) is 0 Å². The van der Waals surface area contributed by atoms with Crippen LogP contribution in [-0.2, 0) is 6.42 Å². The molecule has 0 radical (unpaired) electrons. The average molecular weight is 230 g/mol. The third-order valence-electron chi connectivity index (χ3n) is 3.94. The summed E-state index contributed by atoms with van der Waals surface area (Å²) in [6, 6.07) is 2.38. The zero-order chi connectivity index (χ0) is 12.8. The number of aryl methyl sites for hydroxylation is 2. The molecule has 17 heavy (non-hydrogen) atoms. The zero-order valence-corrected chi connectivity index (χ0v) is 11.9. The minimum atomic E-state index is 1.16. The third-order valence-corrected chi connectivity index (χ3v) is 3.94. The molecule has 1 aromatic rings. The van der Waals surface area contributed by atoms with E-state index in [0.717, 1.165) is 6.42 Å². The second kappa shape index (κ2) is 6.64. The van der Waals surface area contributed by atoms with E-state index >= 15 is 0 Å². The van der Waals surface area contributed by atoms with Gasteiger partial charge in [0.15, 0.2) is 0 Å². The predicted molar refractivity (Wildman–Crippen MR) is 77.8 cm³/mol. The van der Waals surface area contributed by atoms with Gasteiger partial charge in [0.1, 0.15) is 0 Å². The monoisotopic (exact) mass is 230 g/mol. The summed E-state index contributed by atoms with van der Waals surface area (Å²) in [5.74, 6) is 0. The summed E-state index contributed by atoms with van der Waals surface area (Å²) in [4.78, 5) is 0. The highest BCUT2D eigenvalue weighted by Crippen LogP contribution is 2.22. The van der Waals surface area contributed by atoms with Crippen molar-refractivity contribution in [1.82, 2.24) is 0 Å². The molecule has 0 fully saturated rings. The number of benzene rings is 1. The molecule has 0 unspecified atom stereocenters. The molecular formula is C17H26. The van der Waals surface area contributed by atoms with Crippen molar-refractivity contribution in [3.63, 3.8) is 0 Å². The van der Waals surface area contributed by atoms with Crippen molar-refractivity contribution >= 4 is 0 Å². The van der Waals surface area contributed by atoms with Crippen LogP contribution in [0.15, 0.2) is 18.7 Å². The Labute approximate surface area is 107 Å². The summed E-state index contributed by atoms with van der Waals surface area (Å²) < 4.78 is 0. The van der Waals surface area contributed by atoms with E-state index in [1.54, 1.807) is 5.56 Å². The van der Waals surface area contributed by atoms with Gasteiger partial charge in [-0.25, -0.2) is 0 Å². The fourth-order valence-corrected chi connectivity index (χ4v) is 2.34. The van der Waals surface area contributed by atoms with E-state index in [1.165, 1.54) is 47.9 Å². The summed E-state index contributed by atoms with van der Waals surface area (Å²) in [6.07, 6.45) is 8.31. The van der Waals surface area contributed by atoms with Crippen LogP contribution in [0.2, 0.25) is 0 Å². The second-order valence-corrected chi connectivity index (χ2v) is 5.12. The van der Waals surface area contributed by atoms with E-state index in [-0.39, 0.29) is 0 Å². The molecule has 0 bridgehead atoms. The first-order valence-electron chi connectivity index (χ1n) is 6.75. The molecule has 0 heteroatoms. The Kier molecular flexibility index (Phi) is 5.47. The summed E-state index contributed by atoms with van der Waals surface area (Å²) in [5, 5.41) is 0. The van der Waals surface area contributed by atoms with Crippen molar-refractivity contribution in [2.24, 2.45) is 0 Å². The van der Waals surface area contributed by atoms with Crippen molar-refractivity contribution in [3.8, 4) is 0 Å². The van der Waals surface area contributed by atoms with Gasteiger partial charge in [0.05, 0.1) is 0 Å². The van der Waals surface area contributed by atoms with Crippen LogP contribution in [0.25, 0.3) is 0 Å². The van der Waals surface area contributed by atoms with Gasteiger partial charge in [0, 0.05) is 0 Å². The molecule has 0 aliphatic heterocycles. The number of hydrogen-bond donors (Lipinski definition) is 0. The van der Waals surface area contributed by atoms with Gasteiger partial charge in [-0.1, -0.05) is 18.6 Å². The van der Waals surface area contributed by atoms with Crippen LogP contribution >= 0.6 is 0 Å². The van der Waals surface area contributed by atoms with Gasteiger partial charge in [-0.15, -0.1) is 6.58 Å². The second-order valence-electron chi connectivity index (χ2n) is 5.12. The molecule has 0 N–H and O–H groups in total. The normalized spacial score (nSPS) is 10.6. The van der Waals surface area contributed by atoms with Crippen molar-refractivity contribution < 1.29 is 0 Å². The molecule has 0 aromatic heterocycles. The smallest absolute Gasteiger partial charge is 0.0276 e. The molecule has 1 aromatic carbocycles. The number of unbranched alkanes of at least 4 members (excludes halogenated alkanes) is 3. The Morgan fingerprint density at radius 1 is 0.941 bits per heavy atom. The van der Waals surface area contributed by atoms with E-state index < -0.39 is 0 Å². The molecule has 0 saturated heterocycles. The van der Waals surface area contributed by atoms with E-state index in [4.69, 9.17) is 0 Å². The van der Waals surface area contributed by atoms with E-state index in [1.807, 2.05) is 6.08 Å². The largest absolute Gasteiger partial charge is 0.103 e. The van der Waals surface area contributed by atoms with Crippen molar-refractivity contribution in [3.05, 3.63) is 46.5 Å². The van der Waals surface area contributed by atoms with Gasteiger partial charge in [0.25, 0.3) is 0 Å². The standard InChI is InChI=1S/C17H26/c1-6-7-8-9-10-11-17-12-13(2)14(3)15(4)16(17)5/h6,12H,1,7-11H2,2-5H3. The predicted octanol–water partition coefficient (Wildman–Crippen LogP) is 5.21. The van der Waals surface area contributed by atoms with Crippen LogP contribution in [0.5, 0.6) is 0 Å². The maximum atomic E-state index is 3.76. The van der Waals surface area contributed by atoms with Crippen LogP contribution in [0, 0.1) is 27.7 Å². The molecular weight excluding hydrogens is 204 g/mol. The Morgan fingerprint density at radius 3 is 2.29 bits per heavy atom. The number of hydrogen-bond acceptors (Lipinski definition) is 0. The third kappa shape index (κ3) is 3.73. The minimum Gasteiger partial charge on any atom is -0.103 e. The summed E-state index contributed by atoms with van der Waals surface area (Å²) >= 11 is 0. The van der Waals surface area contributed by atoms with Gasteiger partial charge in [0.2, 0.25) is 0 Å². The van der Waals surface area contributed by atoms with Gasteiger partial charge in [-0.05, 0) is 81.2 Å². The average Bonchev–Trinajstić information content (AvgIpc) is 2.32. The SMILES string of the molecule is C=CCCCCCc1cc(C)c(C)c(C)c1C. The lowest BCUT2D eigenvalue weighted by Gasteiger charge is -2.14. The molecule has 0 aliphatic carbocycles. The van der Waals surface area contributed by atoms with E-state index in [0.29, 0.717) is 0 Å². The molecule has 94 valence electrons. The maximum Gasteiger partial charge on any atom is -0.0276 e. The lowest BCUT2D eigenvalue weighted by Crippen LogP contribution is -1.98. The molecule has 0 spiro atoms. The molecule has 1 rings (SSSR count). The Balaban J connectivity index is 2.62. The lowest BCUT2D eigenvalue weighted by molar-refractivity contribution is 0.685. The van der Waals surface area contributed by atoms with Crippen LogP contribution in [0.4, 0.5) is 0 Å². The molecule has 0 atom stereocenters. The minimum absolute atomic E-state index is 1.16. The lowest BCUT2D eigenvalue weighted by atomic mass is 9.92. The Morgan fingerprint density at radius 2 is 1.65 bits per heavy atom. The number of rotatable bonds is 6. The zero-order valence-electron chi connectivity index (χ0n) is 11.9. The van der Waals surface area contributed by atoms with E-state index in [9.17, 15) is 0 Å². The first-order valence-corrected chi connectivity index (χ1v) is 6.75. The molecule has 0 saturated carbocycles. The Hall–Kier alpha value is -1.04. The summed E-state index contributed by atoms with van der Waals surface area (Å²) in [5.41, 5.74) is 7.42. The first-order chi connectivity index (χ1) is 8.07. The quantitative estimate of drug-likeness (QED) is 0.465. The van der Waals surface area contributed by atoms with E-state index in [2.05, 4.69) is 40.3 Å². The maximum absolute atomic E-state index is 3.76.